The fourth-order valence-electron chi connectivity index (χ4n) is 1.03. The van der Waals surface area contributed by atoms with Crippen molar-refractivity contribution in [2.24, 2.45) is 5.73 Å². The number of carbonyl (C=O) groups excluding carboxylic acids is 2. The van der Waals surface area contributed by atoms with Crippen molar-refractivity contribution in [3.05, 3.63) is 35.6 Å². The maximum Gasteiger partial charge on any atom is 0.330 e. The summed E-state index contributed by atoms with van der Waals surface area (Å²) >= 11 is 0. The second-order valence-corrected chi connectivity index (χ2v) is 2.87. The van der Waals surface area contributed by atoms with Gasteiger partial charge in [-0.2, -0.15) is 0 Å². The monoisotopic (exact) mass is 211 g/mol. The van der Waals surface area contributed by atoms with Crippen molar-refractivity contribution in [2.75, 3.05) is 7.11 Å². The summed E-state index contributed by atoms with van der Waals surface area (Å²) in [6.45, 7) is 0. The topological polar surface area (TPSA) is 69.4 Å². The van der Waals surface area contributed by atoms with Crippen LogP contribution in [0.3, 0.4) is 0 Å². The van der Waals surface area contributed by atoms with Crippen LogP contribution in [0, 0.1) is 5.82 Å². The van der Waals surface area contributed by atoms with Crippen molar-refractivity contribution >= 4 is 11.8 Å². The average molecular weight is 211 g/mol. The quantitative estimate of drug-likeness (QED) is 0.449. The fourth-order valence-corrected chi connectivity index (χ4v) is 1.03. The molecule has 0 bridgehead atoms. The van der Waals surface area contributed by atoms with E-state index in [1.165, 1.54) is 12.1 Å². The molecule has 0 unspecified atom stereocenters. The minimum atomic E-state index is -1.36. The maximum absolute atomic E-state index is 12.5. The molecule has 1 aromatic carbocycles. The van der Waals surface area contributed by atoms with Crippen molar-refractivity contribution in [2.45, 2.75) is 6.04 Å². The number of ether oxygens (including phenoxy) is 1. The Morgan fingerprint density at radius 3 is 2.33 bits per heavy atom. The van der Waals surface area contributed by atoms with Crippen LogP contribution in [0.25, 0.3) is 0 Å². The molecule has 15 heavy (non-hydrogen) atoms. The lowest BCUT2D eigenvalue weighted by Gasteiger charge is -2.07. The number of hydrogen-bond donors (Lipinski definition) is 1. The number of rotatable bonds is 3. The summed E-state index contributed by atoms with van der Waals surface area (Å²) in [5.41, 5.74) is 5.50. The van der Waals surface area contributed by atoms with Crippen molar-refractivity contribution in [1.29, 1.82) is 0 Å². The molecule has 80 valence electrons. The molecule has 0 aliphatic heterocycles. The number of hydrogen-bond acceptors (Lipinski definition) is 4. The summed E-state index contributed by atoms with van der Waals surface area (Å²) in [5, 5.41) is 0. The molecule has 0 radical (unpaired) electrons. The number of methoxy groups -OCH3 is 1. The van der Waals surface area contributed by atoms with Crippen LogP contribution in [0.15, 0.2) is 24.3 Å². The van der Waals surface area contributed by atoms with Crippen LogP contribution in [0.5, 0.6) is 0 Å². The van der Waals surface area contributed by atoms with Gasteiger partial charge in [-0.1, -0.05) is 0 Å². The van der Waals surface area contributed by atoms with Crippen LogP contribution in [0.2, 0.25) is 0 Å². The largest absolute Gasteiger partial charge is 0.468 e. The van der Waals surface area contributed by atoms with E-state index in [4.69, 9.17) is 5.73 Å². The highest BCUT2D eigenvalue weighted by atomic mass is 19.1. The molecule has 2 N–H and O–H groups in total. The number of halogens is 1. The van der Waals surface area contributed by atoms with Crippen LogP contribution in [0.4, 0.5) is 4.39 Å². The van der Waals surface area contributed by atoms with Crippen molar-refractivity contribution < 1.29 is 18.7 Å². The molecule has 0 saturated heterocycles. The van der Waals surface area contributed by atoms with Gasteiger partial charge in [0.25, 0.3) is 0 Å². The fraction of sp³-hybridized carbons (Fsp3) is 0.200. The van der Waals surface area contributed by atoms with Gasteiger partial charge in [0.05, 0.1) is 7.11 Å². The normalized spacial score (nSPS) is 11.9. The molecule has 0 aliphatic carbocycles. The van der Waals surface area contributed by atoms with Gasteiger partial charge in [-0.3, -0.25) is 4.79 Å². The second-order valence-electron chi connectivity index (χ2n) is 2.87. The Bertz CT molecular complexity index is 375. The molecule has 4 nitrogen and oxygen atoms in total. The van der Waals surface area contributed by atoms with E-state index in [1.54, 1.807) is 0 Å². The smallest absolute Gasteiger partial charge is 0.330 e. The lowest BCUT2D eigenvalue weighted by molar-refractivity contribution is -0.140. The third-order valence-corrected chi connectivity index (χ3v) is 1.87. The van der Waals surface area contributed by atoms with Gasteiger partial charge >= 0.3 is 5.97 Å². The van der Waals surface area contributed by atoms with Gasteiger partial charge in [-0.05, 0) is 24.3 Å². The van der Waals surface area contributed by atoms with E-state index in [9.17, 15) is 14.0 Å². The van der Waals surface area contributed by atoms with E-state index >= 15 is 0 Å². The number of Topliss-reactive ketones (excluding diaryl/α,β-unsaturated/α-hetero) is 1. The summed E-state index contributed by atoms with van der Waals surface area (Å²) in [6.07, 6.45) is 0. The molecular formula is C10H10FNO3. The zero-order valence-electron chi connectivity index (χ0n) is 8.07. The van der Waals surface area contributed by atoms with Crippen LogP contribution in [0.1, 0.15) is 10.4 Å². The molecule has 0 amide bonds. The average Bonchev–Trinajstić information content (AvgIpc) is 2.27. The molecule has 0 aromatic heterocycles. The summed E-state index contributed by atoms with van der Waals surface area (Å²) in [7, 11) is 1.14. The predicted molar refractivity (Wildman–Crippen MR) is 50.7 cm³/mol. The maximum atomic E-state index is 12.5. The zero-order chi connectivity index (χ0) is 11.4. The van der Waals surface area contributed by atoms with E-state index in [-0.39, 0.29) is 5.56 Å². The Kier molecular flexibility index (Phi) is 3.51. The van der Waals surface area contributed by atoms with Crippen LogP contribution in [-0.4, -0.2) is 24.9 Å². The first-order chi connectivity index (χ1) is 7.06. The van der Waals surface area contributed by atoms with Crippen molar-refractivity contribution in [3.63, 3.8) is 0 Å². The second kappa shape index (κ2) is 4.65. The molecular weight excluding hydrogens is 201 g/mol. The highest BCUT2D eigenvalue weighted by Crippen LogP contribution is 2.05. The highest BCUT2D eigenvalue weighted by molar-refractivity contribution is 6.11. The molecule has 0 saturated carbocycles. The first kappa shape index (κ1) is 11.3. The Labute approximate surface area is 85.8 Å². The number of benzene rings is 1. The lowest BCUT2D eigenvalue weighted by Crippen LogP contribution is -2.39. The minimum absolute atomic E-state index is 0.175. The molecule has 5 heteroatoms. The summed E-state index contributed by atoms with van der Waals surface area (Å²) < 4.78 is 16.9. The van der Waals surface area contributed by atoms with E-state index in [2.05, 4.69) is 4.74 Å². The van der Waals surface area contributed by atoms with Crippen molar-refractivity contribution in [1.82, 2.24) is 0 Å². The van der Waals surface area contributed by atoms with Crippen LogP contribution >= 0.6 is 0 Å². The van der Waals surface area contributed by atoms with Gasteiger partial charge in [0.2, 0.25) is 0 Å². The molecule has 1 rings (SSSR count). The third-order valence-electron chi connectivity index (χ3n) is 1.87. The van der Waals surface area contributed by atoms with Gasteiger partial charge in [0.15, 0.2) is 11.8 Å². The zero-order valence-corrected chi connectivity index (χ0v) is 8.07. The molecule has 0 heterocycles. The van der Waals surface area contributed by atoms with E-state index in [0.29, 0.717) is 0 Å². The Hall–Kier alpha value is -1.75. The van der Waals surface area contributed by atoms with Crippen molar-refractivity contribution in [3.8, 4) is 0 Å². The van der Waals surface area contributed by atoms with E-state index in [0.717, 1.165) is 19.2 Å². The van der Waals surface area contributed by atoms with E-state index in [1.807, 2.05) is 0 Å². The molecule has 0 spiro atoms. The first-order valence-corrected chi connectivity index (χ1v) is 4.19. The van der Waals surface area contributed by atoms with Gasteiger partial charge in [-0.25, -0.2) is 9.18 Å². The number of esters is 1. The Morgan fingerprint density at radius 1 is 1.33 bits per heavy atom. The first-order valence-electron chi connectivity index (χ1n) is 4.19. The standard InChI is InChI=1S/C10H10FNO3/c1-15-10(14)8(12)9(13)6-2-4-7(11)5-3-6/h2-5,8H,12H2,1H3/t8-/m0/s1. The SMILES string of the molecule is COC(=O)[C@@H](N)C(=O)c1ccc(F)cc1. The number of ketones is 1. The minimum Gasteiger partial charge on any atom is -0.468 e. The summed E-state index contributed by atoms with van der Waals surface area (Å²) in [6, 6.07) is 3.41. The van der Waals surface area contributed by atoms with Crippen LogP contribution in [-0.2, 0) is 9.53 Å². The van der Waals surface area contributed by atoms with Crippen LogP contribution < -0.4 is 5.73 Å². The Balaban J connectivity index is 2.85. The molecule has 1 atom stereocenters. The molecule has 1 aromatic rings. The van der Waals surface area contributed by atoms with Gasteiger partial charge in [-0.15, -0.1) is 0 Å². The highest BCUT2D eigenvalue weighted by Gasteiger charge is 2.23. The summed E-state index contributed by atoms with van der Waals surface area (Å²) in [4.78, 5) is 22.5. The predicted octanol–water partition coefficient (Wildman–Crippen LogP) is 0.509. The lowest BCUT2D eigenvalue weighted by atomic mass is 10.1. The molecule has 0 fully saturated rings. The number of carbonyl (C=O) groups is 2. The summed E-state index contributed by atoms with van der Waals surface area (Å²) in [5.74, 6) is -1.87. The Morgan fingerprint density at radius 2 is 1.87 bits per heavy atom. The van der Waals surface area contributed by atoms with Gasteiger partial charge in [0.1, 0.15) is 5.82 Å². The number of nitrogens with two attached hydrogens (primary N) is 1. The van der Waals surface area contributed by atoms with Gasteiger partial charge < -0.3 is 10.5 Å². The van der Waals surface area contributed by atoms with E-state index < -0.39 is 23.6 Å². The van der Waals surface area contributed by atoms with Gasteiger partial charge in [0, 0.05) is 5.56 Å². The third kappa shape index (κ3) is 2.60. The molecule has 0 aliphatic rings.